The van der Waals surface area contributed by atoms with Crippen LogP contribution >= 0.6 is 0 Å². The van der Waals surface area contributed by atoms with Crippen LogP contribution < -0.4 is 15.5 Å². The summed E-state index contributed by atoms with van der Waals surface area (Å²) in [6, 6.07) is 13.2. The van der Waals surface area contributed by atoms with E-state index in [1.54, 1.807) is 13.0 Å². The number of benzene rings is 2. The number of aryl methyl sites for hydroxylation is 1. The zero-order valence-corrected chi connectivity index (χ0v) is 16.0. The van der Waals surface area contributed by atoms with Gasteiger partial charge in [-0.05, 0) is 31.2 Å². The van der Waals surface area contributed by atoms with Crippen molar-refractivity contribution in [1.29, 1.82) is 0 Å². The van der Waals surface area contributed by atoms with E-state index in [0.29, 0.717) is 30.7 Å². The number of anilines is 5. The maximum Gasteiger partial charge on any atom is 0.149 e. The molecule has 1 aliphatic heterocycles. The first kappa shape index (κ1) is 19.1. The molecule has 2 heterocycles. The van der Waals surface area contributed by atoms with Crippen molar-refractivity contribution in [3.63, 3.8) is 0 Å². The van der Waals surface area contributed by atoms with E-state index in [2.05, 4.69) is 25.5 Å². The summed E-state index contributed by atoms with van der Waals surface area (Å²) in [5.41, 5.74) is 1.68. The molecule has 0 bridgehead atoms. The van der Waals surface area contributed by atoms with Crippen molar-refractivity contribution in [3.8, 4) is 0 Å². The third kappa shape index (κ3) is 4.43. The molecule has 1 saturated heterocycles. The van der Waals surface area contributed by atoms with E-state index >= 15 is 0 Å². The average molecular weight is 397 g/mol. The Morgan fingerprint density at radius 1 is 0.897 bits per heavy atom. The molecule has 2 aromatic carbocycles. The molecule has 0 unspecified atom stereocenters. The molecule has 3 aromatic rings. The number of para-hydroxylation sites is 3. The summed E-state index contributed by atoms with van der Waals surface area (Å²) in [5.74, 6) is -0.0784. The van der Waals surface area contributed by atoms with Gasteiger partial charge >= 0.3 is 0 Å². The summed E-state index contributed by atoms with van der Waals surface area (Å²) in [6.07, 6.45) is 0. The Labute approximate surface area is 167 Å². The van der Waals surface area contributed by atoms with Crippen LogP contribution in [-0.2, 0) is 4.74 Å². The molecule has 0 saturated carbocycles. The van der Waals surface area contributed by atoms with Crippen LogP contribution in [-0.4, -0.2) is 36.3 Å². The number of hydrogen-bond acceptors (Lipinski definition) is 6. The fraction of sp³-hybridized carbons (Fsp3) is 0.238. The first-order valence-corrected chi connectivity index (χ1v) is 9.35. The Hall–Kier alpha value is -3.26. The van der Waals surface area contributed by atoms with Gasteiger partial charge < -0.3 is 20.3 Å². The van der Waals surface area contributed by atoms with Gasteiger partial charge in [0.1, 0.15) is 34.8 Å². The quantitative estimate of drug-likeness (QED) is 0.666. The number of rotatable bonds is 5. The van der Waals surface area contributed by atoms with Gasteiger partial charge in [-0.2, -0.15) is 0 Å². The van der Waals surface area contributed by atoms with Crippen molar-refractivity contribution in [2.24, 2.45) is 0 Å². The molecule has 0 atom stereocenters. The van der Waals surface area contributed by atoms with Crippen LogP contribution in [0.25, 0.3) is 0 Å². The average Bonchev–Trinajstić information content (AvgIpc) is 2.72. The summed E-state index contributed by atoms with van der Waals surface area (Å²) in [7, 11) is 0. The molecule has 29 heavy (non-hydrogen) atoms. The van der Waals surface area contributed by atoms with Crippen molar-refractivity contribution >= 4 is 28.7 Å². The van der Waals surface area contributed by atoms with Crippen LogP contribution in [0, 0.1) is 18.6 Å². The van der Waals surface area contributed by atoms with Crippen LogP contribution in [0.3, 0.4) is 0 Å². The van der Waals surface area contributed by atoms with E-state index in [4.69, 9.17) is 4.74 Å². The lowest BCUT2D eigenvalue weighted by atomic mass is 10.2. The van der Waals surface area contributed by atoms with Gasteiger partial charge in [-0.15, -0.1) is 0 Å². The number of halogens is 2. The second-order valence-corrected chi connectivity index (χ2v) is 6.65. The Morgan fingerprint density at radius 3 is 2.28 bits per heavy atom. The second kappa shape index (κ2) is 8.40. The van der Waals surface area contributed by atoms with Gasteiger partial charge in [0.05, 0.1) is 24.6 Å². The van der Waals surface area contributed by atoms with Crippen molar-refractivity contribution in [3.05, 3.63) is 66.0 Å². The molecule has 150 valence electrons. The van der Waals surface area contributed by atoms with Gasteiger partial charge in [-0.25, -0.2) is 18.7 Å². The number of morpholine rings is 1. The number of nitrogens with one attached hydrogen (secondary N) is 2. The maximum atomic E-state index is 14.0. The summed E-state index contributed by atoms with van der Waals surface area (Å²) in [5, 5.41) is 6.02. The molecular formula is C21H21F2N5O. The molecule has 1 fully saturated rings. The maximum absolute atomic E-state index is 14.0. The Morgan fingerprint density at radius 2 is 1.55 bits per heavy atom. The van der Waals surface area contributed by atoms with E-state index < -0.39 is 11.6 Å². The van der Waals surface area contributed by atoms with Crippen LogP contribution in [0.15, 0.2) is 48.5 Å². The zero-order chi connectivity index (χ0) is 20.2. The highest BCUT2D eigenvalue weighted by molar-refractivity contribution is 5.75. The van der Waals surface area contributed by atoms with Crippen molar-refractivity contribution in [2.45, 2.75) is 6.92 Å². The SMILES string of the molecule is Cc1nc(Nc2ccccc2N2CCOCC2)cc(Nc2c(F)cccc2F)n1. The van der Waals surface area contributed by atoms with E-state index in [1.165, 1.54) is 18.2 Å². The molecule has 8 heteroatoms. The molecule has 1 aromatic heterocycles. The summed E-state index contributed by atoms with van der Waals surface area (Å²) in [4.78, 5) is 10.9. The minimum Gasteiger partial charge on any atom is -0.378 e. The fourth-order valence-electron chi connectivity index (χ4n) is 3.24. The highest BCUT2D eigenvalue weighted by Crippen LogP contribution is 2.30. The smallest absolute Gasteiger partial charge is 0.149 e. The molecule has 0 radical (unpaired) electrons. The number of ether oxygens (including phenoxy) is 1. The van der Waals surface area contributed by atoms with Gasteiger partial charge in [0, 0.05) is 19.2 Å². The largest absolute Gasteiger partial charge is 0.378 e. The minimum atomic E-state index is -0.687. The molecule has 2 N–H and O–H groups in total. The Bertz CT molecular complexity index is 988. The Balaban J connectivity index is 1.61. The highest BCUT2D eigenvalue weighted by atomic mass is 19.1. The minimum absolute atomic E-state index is 0.245. The molecule has 4 rings (SSSR count). The number of aromatic nitrogens is 2. The van der Waals surface area contributed by atoms with Crippen LogP contribution in [0.2, 0.25) is 0 Å². The predicted molar refractivity (Wildman–Crippen MR) is 109 cm³/mol. The predicted octanol–water partition coefficient (Wildman–Crippen LogP) is 4.39. The summed E-state index contributed by atoms with van der Waals surface area (Å²) in [6.45, 7) is 4.70. The van der Waals surface area contributed by atoms with Gasteiger partial charge in [-0.1, -0.05) is 18.2 Å². The molecule has 0 spiro atoms. The van der Waals surface area contributed by atoms with E-state index in [0.717, 1.165) is 24.5 Å². The molecular weight excluding hydrogens is 376 g/mol. The fourth-order valence-corrected chi connectivity index (χ4v) is 3.24. The van der Waals surface area contributed by atoms with E-state index in [1.807, 2.05) is 24.3 Å². The third-order valence-electron chi connectivity index (χ3n) is 4.57. The lowest BCUT2D eigenvalue weighted by Gasteiger charge is -2.30. The number of nitrogens with zero attached hydrogens (tertiary/aromatic N) is 3. The monoisotopic (exact) mass is 397 g/mol. The third-order valence-corrected chi connectivity index (χ3v) is 4.57. The van der Waals surface area contributed by atoms with Gasteiger partial charge in [0.2, 0.25) is 0 Å². The van der Waals surface area contributed by atoms with Crippen LogP contribution in [0.5, 0.6) is 0 Å². The van der Waals surface area contributed by atoms with Gasteiger partial charge in [0.25, 0.3) is 0 Å². The molecule has 0 aliphatic carbocycles. The van der Waals surface area contributed by atoms with Crippen molar-refractivity contribution in [1.82, 2.24) is 9.97 Å². The zero-order valence-electron chi connectivity index (χ0n) is 16.0. The van der Waals surface area contributed by atoms with Crippen LogP contribution in [0.4, 0.5) is 37.5 Å². The lowest BCUT2D eigenvalue weighted by molar-refractivity contribution is 0.123. The van der Waals surface area contributed by atoms with Gasteiger partial charge in [0.15, 0.2) is 0 Å². The first-order valence-electron chi connectivity index (χ1n) is 9.35. The highest BCUT2D eigenvalue weighted by Gasteiger charge is 2.16. The molecule has 0 amide bonds. The normalized spacial score (nSPS) is 14.0. The van der Waals surface area contributed by atoms with E-state index in [9.17, 15) is 8.78 Å². The summed E-state index contributed by atoms with van der Waals surface area (Å²) < 4.78 is 33.4. The molecule has 1 aliphatic rings. The van der Waals surface area contributed by atoms with Crippen molar-refractivity contribution < 1.29 is 13.5 Å². The van der Waals surface area contributed by atoms with E-state index in [-0.39, 0.29) is 5.69 Å². The number of hydrogen-bond donors (Lipinski definition) is 2. The topological polar surface area (TPSA) is 62.3 Å². The molecule has 6 nitrogen and oxygen atoms in total. The van der Waals surface area contributed by atoms with Gasteiger partial charge in [-0.3, -0.25) is 0 Å². The van der Waals surface area contributed by atoms with Crippen molar-refractivity contribution in [2.75, 3.05) is 41.8 Å². The second-order valence-electron chi connectivity index (χ2n) is 6.65. The lowest BCUT2D eigenvalue weighted by Crippen LogP contribution is -2.36. The Kier molecular flexibility index (Phi) is 5.53. The first-order chi connectivity index (χ1) is 14.1. The van der Waals surface area contributed by atoms with Crippen LogP contribution in [0.1, 0.15) is 5.82 Å². The summed E-state index contributed by atoms with van der Waals surface area (Å²) >= 11 is 0. The standard InChI is InChI=1S/C21H21F2N5O/c1-14-24-19(13-20(25-14)27-21-15(22)5-4-6-16(21)23)26-17-7-2-3-8-18(17)28-9-11-29-12-10-28/h2-8,13H,9-12H2,1H3,(H2,24,25,26,27).